The molecule has 0 aliphatic carbocycles. The second kappa shape index (κ2) is 19.0. The Hall–Kier alpha value is -1.62. The van der Waals surface area contributed by atoms with E-state index in [1.165, 1.54) is 0 Å². The van der Waals surface area contributed by atoms with Crippen molar-refractivity contribution in [3.8, 4) is 0 Å². The summed E-state index contributed by atoms with van der Waals surface area (Å²) in [6, 6.07) is 0. The number of hydrogen-bond acceptors (Lipinski definition) is 4. The number of aliphatic carboxylic acids is 1. The number of nitrogens with two attached hydrogens (primary N) is 1. The molecule has 0 aromatic carbocycles. The number of carboxylic acids is 1. The molecule has 0 saturated heterocycles. The monoisotopic (exact) mass is 231 g/mol. The lowest BCUT2D eigenvalue weighted by Crippen LogP contribution is -1.97. The third-order valence-corrected chi connectivity index (χ3v) is 0.917. The van der Waals surface area contributed by atoms with Gasteiger partial charge in [0.05, 0.1) is 6.61 Å². The van der Waals surface area contributed by atoms with Crippen LogP contribution >= 0.6 is 0 Å². The number of ether oxygens (including phenoxy) is 1. The Bertz CT molecular complexity index is 200. The maximum absolute atomic E-state index is 10.1. The zero-order valence-corrected chi connectivity index (χ0v) is 9.94. The Morgan fingerprint density at radius 3 is 1.75 bits per heavy atom. The second-order valence-electron chi connectivity index (χ2n) is 2.29. The molecular weight excluding hydrogens is 210 g/mol. The van der Waals surface area contributed by atoms with E-state index in [0.717, 1.165) is 25.1 Å². The lowest BCUT2D eigenvalue weighted by Gasteiger charge is -1.90. The standard InChI is InChI=1S/C5H8O2.C3H9N.C3H4O2/c1-3-5(6)7-4-2;1-2-3-4;1-2-3(4)5/h3H,1,4H2,2H3;2-4H2,1H3;2H,1H2,(H,4,5). The molecule has 3 N–H and O–H groups in total. The fraction of sp³-hybridized carbons (Fsp3) is 0.455. The maximum atomic E-state index is 10.1. The maximum Gasteiger partial charge on any atom is 0.330 e. The number of carboxylic acid groups (broad SMARTS) is 1. The van der Waals surface area contributed by atoms with Crippen LogP contribution in [0.4, 0.5) is 0 Å². The van der Waals surface area contributed by atoms with Crippen LogP contribution in [0.2, 0.25) is 0 Å². The van der Waals surface area contributed by atoms with Gasteiger partial charge in [-0.05, 0) is 19.9 Å². The molecule has 0 atom stereocenters. The van der Waals surface area contributed by atoms with Gasteiger partial charge in [0.2, 0.25) is 0 Å². The molecule has 0 radical (unpaired) electrons. The van der Waals surface area contributed by atoms with Gasteiger partial charge >= 0.3 is 11.9 Å². The molecule has 0 aliphatic rings. The van der Waals surface area contributed by atoms with Gasteiger partial charge in [0.15, 0.2) is 0 Å². The van der Waals surface area contributed by atoms with Crippen LogP contribution in [-0.2, 0) is 14.3 Å². The molecule has 0 rings (SSSR count). The van der Waals surface area contributed by atoms with Crippen molar-refractivity contribution in [3.63, 3.8) is 0 Å². The molecule has 0 aromatic rings. The average molecular weight is 231 g/mol. The first kappa shape index (κ1) is 19.9. The minimum Gasteiger partial charge on any atom is -0.478 e. The lowest BCUT2D eigenvalue weighted by atomic mass is 10.5. The van der Waals surface area contributed by atoms with Gasteiger partial charge in [-0.25, -0.2) is 9.59 Å². The van der Waals surface area contributed by atoms with Crippen LogP contribution in [0.3, 0.4) is 0 Å². The van der Waals surface area contributed by atoms with Crippen molar-refractivity contribution in [1.82, 2.24) is 0 Å². The minimum absolute atomic E-state index is 0.359. The van der Waals surface area contributed by atoms with Gasteiger partial charge in [-0.15, -0.1) is 0 Å². The van der Waals surface area contributed by atoms with Gasteiger partial charge in [0.1, 0.15) is 0 Å². The summed E-state index contributed by atoms with van der Waals surface area (Å²) in [7, 11) is 0. The van der Waals surface area contributed by atoms with E-state index in [2.05, 4.69) is 24.8 Å². The van der Waals surface area contributed by atoms with Gasteiger partial charge < -0.3 is 15.6 Å². The summed E-state index contributed by atoms with van der Waals surface area (Å²) in [6.45, 7) is 11.2. The Kier molecular flexibility index (Phi) is 23.6. The molecule has 0 heterocycles. The third kappa shape index (κ3) is 39.4. The summed E-state index contributed by atoms with van der Waals surface area (Å²) < 4.78 is 4.43. The predicted molar refractivity (Wildman–Crippen MR) is 64.0 cm³/mol. The van der Waals surface area contributed by atoms with E-state index >= 15 is 0 Å². The van der Waals surface area contributed by atoms with Crippen molar-refractivity contribution in [2.45, 2.75) is 20.3 Å². The normalized spacial score (nSPS) is 7.19. The van der Waals surface area contributed by atoms with E-state index in [4.69, 9.17) is 10.8 Å². The SMILES string of the molecule is C=CC(=O)O.C=CC(=O)OCC.CCCN. The van der Waals surface area contributed by atoms with Gasteiger partial charge in [-0.1, -0.05) is 20.1 Å². The molecule has 0 fully saturated rings. The molecule has 0 saturated carbocycles. The first-order valence-electron chi connectivity index (χ1n) is 4.84. The van der Waals surface area contributed by atoms with Gasteiger partial charge in [-0.2, -0.15) is 0 Å². The summed E-state index contributed by atoms with van der Waals surface area (Å²) in [5, 5.41) is 7.60. The molecule has 0 aromatic heterocycles. The van der Waals surface area contributed by atoms with Crippen LogP contribution in [-0.4, -0.2) is 30.2 Å². The lowest BCUT2D eigenvalue weighted by molar-refractivity contribution is -0.137. The average Bonchev–Trinajstić information content (AvgIpc) is 2.30. The van der Waals surface area contributed by atoms with Crippen LogP contribution in [0.25, 0.3) is 0 Å². The van der Waals surface area contributed by atoms with Crippen LogP contribution in [0.5, 0.6) is 0 Å². The van der Waals surface area contributed by atoms with Crippen molar-refractivity contribution in [2.75, 3.05) is 13.2 Å². The zero-order chi connectivity index (χ0) is 13.4. The highest BCUT2D eigenvalue weighted by Gasteiger charge is 1.86. The smallest absolute Gasteiger partial charge is 0.330 e. The molecule has 5 heteroatoms. The van der Waals surface area contributed by atoms with Crippen molar-refractivity contribution in [2.24, 2.45) is 5.73 Å². The van der Waals surface area contributed by atoms with Gasteiger partial charge in [0, 0.05) is 12.2 Å². The van der Waals surface area contributed by atoms with Gasteiger partial charge in [-0.3, -0.25) is 0 Å². The van der Waals surface area contributed by atoms with Crippen molar-refractivity contribution in [1.29, 1.82) is 0 Å². The number of rotatable bonds is 4. The Labute approximate surface area is 96.6 Å². The molecular formula is C11H21NO4. The summed E-state index contributed by atoms with van der Waals surface area (Å²) >= 11 is 0. The molecule has 5 nitrogen and oxygen atoms in total. The first-order chi connectivity index (χ1) is 7.49. The Morgan fingerprint density at radius 2 is 1.69 bits per heavy atom. The fourth-order valence-corrected chi connectivity index (χ4v) is 0.201. The summed E-state index contributed by atoms with van der Waals surface area (Å²) in [6.07, 6.45) is 3.07. The third-order valence-electron chi connectivity index (χ3n) is 0.917. The molecule has 94 valence electrons. The van der Waals surface area contributed by atoms with Crippen molar-refractivity contribution < 1.29 is 19.4 Å². The highest BCUT2D eigenvalue weighted by Crippen LogP contribution is 1.74. The van der Waals surface area contributed by atoms with E-state index in [1.54, 1.807) is 6.92 Å². The highest BCUT2D eigenvalue weighted by molar-refractivity contribution is 5.81. The van der Waals surface area contributed by atoms with E-state index in [9.17, 15) is 9.59 Å². The molecule has 0 amide bonds. The molecule has 0 spiro atoms. The highest BCUT2D eigenvalue weighted by atomic mass is 16.5. The van der Waals surface area contributed by atoms with E-state index in [1.807, 2.05) is 0 Å². The minimum atomic E-state index is -0.981. The van der Waals surface area contributed by atoms with Gasteiger partial charge in [0.25, 0.3) is 0 Å². The molecule has 0 aliphatic heterocycles. The van der Waals surface area contributed by atoms with Crippen LogP contribution in [0, 0.1) is 0 Å². The second-order valence-corrected chi connectivity index (χ2v) is 2.29. The number of carbonyl (C=O) groups excluding carboxylic acids is 1. The van der Waals surface area contributed by atoms with Crippen molar-refractivity contribution in [3.05, 3.63) is 25.3 Å². The van der Waals surface area contributed by atoms with Crippen LogP contribution < -0.4 is 5.73 Å². The van der Waals surface area contributed by atoms with Crippen molar-refractivity contribution >= 4 is 11.9 Å². The van der Waals surface area contributed by atoms with Crippen LogP contribution in [0.1, 0.15) is 20.3 Å². The largest absolute Gasteiger partial charge is 0.478 e. The molecule has 0 bridgehead atoms. The quantitative estimate of drug-likeness (QED) is 0.563. The topological polar surface area (TPSA) is 89.6 Å². The molecule has 16 heavy (non-hydrogen) atoms. The zero-order valence-electron chi connectivity index (χ0n) is 9.94. The van der Waals surface area contributed by atoms with E-state index in [0.29, 0.717) is 6.61 Å². The summed E-state index contributed by atoms with van der Waals surface area (Å²) in [4.78, 5) is 19.3. The predicted octanol–water partition coefficient (Wildman–Crippen LogP) is 1.35. The summed E-state index contributed by atoms with van der Waals surface area (Å²) in [5.41, 5.74) is 5.03. The fourth-order valence-electron chi connectivity index (χ4n) is 0.201. The summed E-state index contributed by atoms with van der Waals surface area (Å²) in [5.74, 6) is -1.34. The number of esters is 1. The Balaban J connectivity index is -0.000000166. The molecule has 0 unspecified atom stereocenters. The van der Waals surface area contributed by atoms with E-state index < -0.39 is 5.97 Å². The first-order valence-corrected chi connectivity index (χ1v) is 4.84. The Morgan fingerprint density at radius 1 is 1.31 bits per heavy atom. The number of carbonyl (C=O) groups is 2. The van der Waals surface area contributed by atoms with Crippen LogP contribution in [0.15, 0.2) is 25.3 Å². The van der Waals surface area contributed by atoms with E-state index in [-0.39, 0.29) is 5.97 Å². The number of hydrogen-bond donors (Lipinski definition) is 2.